The second-order valence-corrected chi connectivity index (χ2v) is 3.07. The Morgan fingerprint density at radius 1 is 1.17 bits per heavy atom. The van der Waals surface area contributed by atoms with Crippen molar-refractivity contribution >= 4 is 23.8 Å². The van der Waals surface area contributed by atoms with Gasteiger partial charge < -0.3 is 20.2 Å². The van der Waals surface area contributed by atoms with Crippen molar-refractivity contribution in [1.29, 1.82) is 0 Å². The van der Waals surface area contributed by atoms with E-state index in [2.05, 4.69) is 4.84 Å². The third-order valence-electron chi connectivity index (χ3n) is 1.65. The number of hydroxylamine groups is 2. The summed E-state index contributed by atoms with van der Waals surface area (Å²) in [5.74, 6) is -3.08. The summed E-state index contributed by atoms with van der Waals surface area (Å²) in [7, 11) is 0. The van der Waals surface area contributed by atoms with Crippen LogP contribution in [0.25, 0.3) is 0 Å². The third-order valence-corrected chi connectivity index (χ3v) is 1.65. The van der Waals surface area contributed by atoms with E-state index in [1.54, 1.807) is 0 Å². The maximum absolute atomic E-state index is 10.8. The fourth-order valence-corrected chi connectivity index (χ4v) is 0.884. The number of carbonyl (C=O) groups is 4. The van der Waals surface area contributed by atoms with Crippen LogP contribution in [0.2, 0.25) is 0 Å². The molecule has 1 fully saturated rings. The monoisotopic (exact) mass is 263 g/mol. The lowest BCUT2D eigenvalue weighted by atomic mass is 10.4. The lowest BCUT2D eigenvalue weighted by molar-refractivity contribution is -0.199. The highest BCUT2D eigenvalue weighted by molar-refractivity contribution is 6.01. The molecule has 0 spiro atoms. The summed E-state index contributed by atoms with van der Waals surface area (Å²) in [6.07, 6.45) is -0.0465. The molecule has 9 nitrogen and oxygen atoms in total. The zero-order valence-corrected chi connectivity index (χ0v) is 9.37. The summed E-state index contributed by atoms with van der Waals surface area (Å²) < 4.78 is 0. The summed E-state index contributed by atoms with van der Waals surface area (Å²) in [6.45, 7) is -1.12. The number of aliphatic hydroxyl groups is 2. The van der Waals surface area contributed by atoms with Crippen LogP contribution < -0.4 is 0 Å². The van der Waals surface area contributed by atoms with Gasteiger partial charge in [-0.3, -0.25) is 14.4 Å². The average molecular weight is 263 g/mol. The maximum Gasteiger partial charge on any atom is 0.358 e. The van der Waals surface area contributed by atoms with Gasteiger partial charge >= 0.3 is 11.9 Å². The van der Waals surface area contributed by atoms with Crippen LogP contribution in [0.15, 0.2) is 0 Å². The standard InChI is InChI=1S/C6H7NO5.C3H6O3/c8-3-6(11)12-7-4(9)1-2-5(7)10;4-2-1-3(5)6/h8H,1-3H2;4H,1-2H2,(H,5,6). The fourth-order valence-electron chi connectivity index (χ4n) is 0.884. The van der Waals surface area contributed by atoms with Gasteiger partial charge in [-0.2, -0.15) is 0 Å². The van der Waals surface area contributed by atoms with E-state index in [-0.39, 0.29) is 25.9 Å². The Morgan fingerprint density at radius 3 is 1.94 bits per heavy atom. The molecule has 0 aromatic heterocycles. The van der Waals surface area contributed by atoms with Crippen LogP contribution in [0.5, 0.6) is 0 Å². The van der Waals surface area contributed by atoms with Gasteiger partial charge in [0.25, 0.3) is 11.8 Å². The van der Waals surface area contributed by atoms with Gasteiger partial charge in [-0.25, -0.2) is 4.79 Å². The van der Waals surface area contributed by atoms with E-state index in [0.717, 1.165) is 0 Å². The van der Waals surface area contributed by atoms with Crippen molar-refractivity contribution in [2.24, 2.45) is 0 Å². The molecule has 9 heteroatoms. The molecule has 0 aromatic rings. The number of carbonyl (C=O) groups excluding carboxylic acids is 3. The van der Waals surface area contributed by atoms with Gasteiger partial charge in [-0.1, -0.05) is 0 Å². The molecule has 0 atom stereocenters. The number of carboxylic acid groups (broad SMARTS) is 1. The van der Waals surface area contributed by atoms with Crippen molar-refractivity contribution in [2.75, 3.05) is 13.2 Å². The molecule has 1 saturated heterocycles. The summed E-state index contributed by atoms with van der Waals surface area (Å²) in [5.41, 5.74) is 0. The SMILES string of the molecule is O=C(CO)ON1C(=O)CCC1=O.O=C(O)CCO. The van der Waals surface area contributed by atoms with Crippen molar-refractivity contribution in [1.82, 2.24) is 5.06 Å². The normalized spacial score (nSPS) is 14.0. The van der Waals surface area contributed by atoms with E-state index in [1.807, 2.05) is 0 Å². The molecule has 0 unspecified atom stereocenters. The largest absolute Gasteiger partial charge is 0.481 e. The minimum atomic E-state index is -1.02. The first-order valence-electron chi connectivity index (χ1n) is 4.92. The summed E-state index contributed by atoms with van der Waals surface area (Å²) in [6, 6.07) is 0. The van der Waals surface area contributed by atoms with E-state index < -0.39 is 30.4 Å². The van der Waals surface area contributed by atoms with Gasteiger partial charge in [0.2, 0.25) is 0 Å². The summed E-state index contributed by atoms with van der Waals surface area (Å²) >= 11 is 0. The molecule has 3 N–H and O–H groups in total. The Kier molecular flexibility index (Phi) is 7.24. The first kappa shape index (κ1) is 16.0. The van der Waals surface area contributed by atoms with Gasteiger partial charge in [0, 0.05) is 12.8 Å². The van der Waals surface area contributed by atoms with Gasteiger partial charge in [-0.15, -0.1) is 5.06 Å². The second-order valence-electron chi connectivity index (χ2n) is 3.07. The number of nitrogens with zero attached hydrogens (tertiary/aromatic N) is 1. The van der Waals surface area contributed by atoms with E-state index in [1.165, 1.54) is 0 Å². The Bertz CT molecular complexity index is 323. The Balaban J connectivity index is 0.000000411. The second kappa shape index (κ2) is 8.14. The first-order valence-corrected chi connectivity index (χ1v) is 4.92. The topological polar surface area (TPSA) is 141 Å². The highest BCUT2D eigenvalue weighted by atomic mass is 16.7. The van der Waals surface area contributed by atoms with Crippen LogP contribution in [-0.2, 0) is 24.0 Å². The molecule has 0 aliphatic carbocycles. The van der Waals surface area contributed by atoms with E-state index in [0.29, 0.717) is 5.06 Å². The predicted octanol–water partition coefficient (Wildman–Crippen LogP) is -1.96. The quantitative estimate of drug-likeness (QED) is 0.496. The Morgan fingerprint density at radius 2 is 1.67 bits per heavy atom. The molecule has 1 rings (SSSR count). The maximum atomic E-state index is 10.8. The molecule has 1 heterocycles. The molecule has 102 valence electrons. The number of carboxylic acids is 1. The number of aliphatic carboxylic acids is 1. The molecular weight excluding hydrogens is 250 g/mol. The molecular formula is C9H13NO8. The van der Waals surface area contributed by atoms with E-state index in [4.69, 9.17) is 15.3 Å². The van der Waals surface area contributed by atoms with Crippen LogP contribution in [-0.4, -0.2) is 57.3 Å². The predicted molar refractivity (Wildman–Crippen MR) is 53.6 cm³/mol. The molecule has 2 amide bonds. The van der Waals surface area contributed by atoms with Crippen molar-refractivity contribution in [3.8, 4) is 0 Å². The van der Waals surface area contributed by atoms with Gasteiger partial charge in [0.15, 0.2) is 0 Å². The van der Waals surface area contributed by atoms with Crippen LogP contribution in [0.3, 0.4) is 0 Å². The Labute approximate surface area is 102 Å². The average Bonchev–Trinajstić information content (AvgIpc) is 2.61. The van der Waals surface area contributed by atoms with Crippen molar-refractivity contribution < 1.29 is 39.3 Å². The molecule has 0 radical (unpaired) electrons. The number of imide groups is 1. The third kappa shape index (κ3) is 5.92. The molecule has 0 bridgehead atoms. The molecule has 1 aliphatic rings. The smallest absolute Gasteiger partial charge is 0.358 e. The molecule has 18 heavy (non-hydrogen) atoms. The number of rotatable bonds is 4. The summed E-state index contributed by atoms with van der Waals surface area (Å²) in [5, 5.41) is 24.2. The van der Waals surface area contributed by atoms with E-state index in [9.17, 15) is 19.2 Å². The van der Waals surface area contributed by atoms with Gasteiger partial charge in [0.1, 0.15) is 6.61 Å². The number of amides is 2. The van der Waals surface area contributed by atoms with Crippen molar-refractivity contribution in [3.63, 3.8) is 0 Å². The zero-order valence-electron chi connectivity index (χ0n) is 9.37. The minimum absolute atomic E-state index is 0.0531. The lowest BCUT2D eigenvalue weighted by Gasteiger charge is -2.10. The number of hydrogen-bond acceptors (Lipinski definition) is 7. The van der Waals surface area contributed by atoms with Crippen molar-refractivity contribution in [2.45, 2.75) is 19.3 Å². The van der Waals surface area contributed by atoms with Crippen LogP contribution in [0, 0.1) is 0 Å². The molecule has 0 aromatic carbocycles. The Hall–Kier alpha value is -2.00. The summed E-state index contributed by atoms with van der Waals surface area (Å²) in [4.78, 5) is 45.7. The first-order chi connectivity index (χ1) is 8.42. The van der Waals surface area contributed by atoms with Crippen LogP contribution >= 0.6 is 0 Å². The van der Waals surface area contributed by atoms with Crippen molar-refractivity contribution in [3.05, 3.63) is 0 Å². The van der Waals surface area contributed by atoms with Crippen LogP contribution in [0.1, 0.15) is 19.3 Å². The molecule has 1 aliphatic heterocycles. The van der Waals surface area contributed by atoms with E-state index >= 15 is 0 Å². The number of aliphatic hydroxyl groups excluding tert-OH is 2. The van der Waals surface area contributed by atoms with Crippen LogP contribution in [0.4, 0.5) is 0 Å². The lowest BCUT2D eigenvalue weighted by Crippen LogP contribution is -2.33. The highest BCUT2D eigenvalue weighted by Gasteiger charge is 2.32. The van der Waals surface area contributed by atoms with Gasteiger partial charge in [-0.05, 0) is 0 Å². The molecule has 0 saturated carbocycles. The number of hydrogen-bond donors (Lipinski definition) is 3. The zero-order chi connectivity index (χ0) is 14.1. The highest BCUT2D eigenvalue weighted by Crippen LogP contribution is 2.11. The van der Waals surface area contributed by atoms with Gasteiger partial charge in [0.05, 0.1) is 13.0 Å². The minimum Gasteiger partial charge on any atom is -0.481 e. The fraction of sp³-hybridized carbons (Fsp3) is 0.556.